The maximum atomic E-state index is 12.3. The van der Waals surface area contributed by atoms with Gasteiger partial charge in [0.25, 0.3) is 0 Å². The molecule has 1 saturated heterocycles. The molecule has 1 fully saturated rings. The maximum Gasteiger partial charge on any atom is 0.573 e. The number of amides is 1. The number of rotatable bonds is 9. The van der Waals surface area contributed by atoms with Gasteiger partial charge in [-0.3, -0.25) is 4.79 Å². The molecule has 0 aromatic heterocycles. The predicted molar refractivity (Wildman–Crippen MR) is 104 cm³/mol. The first-order valence-corrected chi connectivity index (χ1v) is 11.4. The smallest absolute Gasteiger partial charge is 0.406 e. The number of hydrogen-bond acceptors (Lipinski definition) is 5. The average Bonchev–Trinajstić information content (AvgIpc) is 2.69. The second-order valence-electron chi connectivity index (χ2n) is 7.22. The highest BCUT2D eigenvalue weighted by Gasteiger charge is 2.32. The number of piperidine rings is 1. The number of unbranched alkanes of at least 4 members (excludes halogenated alkanes) is 1. The second kappa shape index (κ2) is 10.5. The van der Waals surface area contributed by atoms with Gasteiger partial charge in [-0.25, -0.2) is 12.7 Å². The predicted octanol–water partition coefficient (Wildman–Crippen LogP) is 2.58. The van der Waals surface area contributed by atoms with Crippen molar-refractivity contribution < 1.29 is 36.2 Å². The molecule has 0 bridgehead atoms. The van der Waals surface area contributed by atoms with Gasteiger partial charge in [-0.1, -0.05) is 25.5 Å². The number of aliphatic hydroxyl groups excluding tert-OH is 1. The molecule has 30 heavy (non-hydrogen) atoms. The summed E-state index contributed by atoms with van der Waals surface area (Å²) < 4.78 is 66.1. The SMILES string of the molecule is CCCCS(=O)(=O)N1CCC(C(=O)NCC(O)c2ccc(OC(F)(F)F)cc2)CC1. The Bertz CT molecular complexity index is 791. The van der Waals surface area contributed by atoms with Gasteiger partial charge < -0.3 is 15.2 Å². The first-order valence-electron chi connectivity index (χ1n) is 9.81. The summed E-state index contributed by atoms with van der Waals surface area (Å²) in [5.41, 5.74) is 0.335. The zero-order chi connectivity index (χ0) is 22.4. The lowest BCUT2D eigenvalue weighted by molar-refractivity contribution is -0.274. The van der Waals surface area contributed by atoms with Gasteiger partial charge in [-0.15, -0.1) is 13.2 Å². The van der Waals surface area contributed by atoms with E-state index in [0.717, 1.165) is 18.6 Å². The number of benzene rings is 1. The highest BCUT2D eigenvalue weighted by molar-refractivity contribution is 7.89. The number of alkyl halides is 3. The number of carbonyl (C=O) groups excluding carboxylic acids is 1. The minimum Gasteiger partial charge on any atom is -0.406 e. The van der Waals surface area contributed by atoms with Crippen LogP contribution in [0.5, 0.6) is 5.75 Å². The van der Waals surface area contributed by atoms with Crippen LogP contribution < -0.4 is 10.1 Å². The summed E-state index contributed by atoms with van der Waals surface area (Å²) in [4.78, 5) is 12.3. The fourth-order valence-electron chi connectivity index (χ4n) is 3.20. The van der Waals surface area contributed by atoms with Gasteiger partial charge in [0.1, 0.15) is 5.75 Å². The molecule has 1 aromatic rings. The van der Waals surface area contributed by atoms with Crippen molar-refractivity contribution >= 4 is 15.9 Å². The molecule has 0 aliphatic carbocycles. The van der Waals surface area contributed by atoms with Gasteiger partial charge in [0.2, 0.25) is 15.9 Å². The number of sulfonamides is 1. The quantitative estimate of drug-likeness (QED) is 0.601. The first-order chi connectivity index (χ1) is 14.0. The largest absolute Gasteiger partial charge is 0.573 e. The summed E-state index contributed by atoms with van der Waals surface area (Å²) in [5.74, 6) is -0.920. The summed E-state index contributed by atoms with van der Waals surface area (Å²) in [5, 5.41) is 12.8. The van der Waals surface area contributed by atoms with Crippen molar-refractivity contribution in [1.82, 2.24) is 9.62 Å². The van der Waals surface area contributed by atoms with Crippen molar-refractivity contribution in [3.63, 3.8) is 0 Å². The van der Waals surface area contributed by atoms with E-state index in [0.29, 0.717) is 24.8 Å². The van der Waals surface area contributed by atoms with E-state index in [-0.39, 0.29) is 37.2 Å². The van der Waals surface area contributed by atoms with Crippen molar-refractivity contribution in [2.75, 3.05) is 25.4 Å². The number of halogens is 3. The fourth-order valence-corrected chi connectivity index (χ4v) is 4.88. The normalized spacial score (nSPS) is 17.5. The summed E-state index contributed by atoms with van der Waals surface area (Å²) in [6, 6.07) is 4.75. The molecule has 0 saturated carbocycles. The molecule has 0 radical (unpaired) electrons. The molecule has 1 aromatic carbocycles. The number of ether oxygens (including phenoxy) is 1. The molecule has 1 aliphatic heterocycles. The first kappa shape index (κ1) is 24.4. The molecule has 11 heteroatoms. The van der Waals surface area contributed by atoms with E-state index in [2.05, 4.69) is 10.1 Å². The van der Waals surface area contributed by atoms with Crippen molar-refractivity contribution in [3.05, 3.63) is 29.8 Å². The van der Waals surface area contributed by atoms with Gasteiger partial charge in [0, 0.05) is 25.6 Å². The third kappa shape index (κ3) is 7.44. The highest BCUT2D eigenvalue weighted by Crippen LogP contribution is 2.25. The average molecular weight is 452 g/mol. The van der Waals surface area contributed by atoms with Crippen LogP contribution >= 0.6 is 0 Å². The summed E-state index contributed by atoms with van der Waals surface area (Å²) in [6.07, 6.45) is -3.70. The van der Waals surface area contributed by atoms with Crippen LogP contribution in [0.2, 0.25) is 0 Å². The number of nitrogens with zero attached hydrogens (tertiary/aromatic N) is 1. The van der Waals surface area contributed by atoms with E-state index in [1.54, 1.807) is 0 Å². The van der Waals surface area contributed by atoms with Crippen LogP contribution in [0.1, 0.15) is 44.3 Å². The zero-order valence-electron chi connectivity index (χ0n) is 16.7. The van der Waals surface area contributed by atoms with Crippen molar-refractivity contribution in [2.45, 2.75) is 45.1 Å². The summed E-state index contributed by atoms with van der Waals surface area (Å²) >= 11 is 0. The molecule has 0 spiro atoms. The Morgan fingerprint density at radius 1 is 1.27 bits per heavy atom. The van der Waals surface area contributed by atoms with Crippen molar-refractivity contribution in [2.24, 2.45) is 5.92 Å². The Morgan fingerprint density at radius 2 is 1.87 bits per heavy atom. The lowest BCUT2D eigenvalue weighted by Crippen LogP contribution is -2.44. The van der Waals surface area contributed by atoms with E-state index >= 15 is 0 Å². The van der Waals surface area contributed by atoms with Crippen LogP contribution in [0, 0.1) is 5.92 Å². The number of hydrogen-bond donors (Lipinski definition) is 2. The lowest BCUT2D eigenvalue weighted by atomic mass is 9.97. The topological polar surface area (TPSA) is 95.9 Å². The van der Waals surface area contributed by atoms with E-state index in [1.807, 2.05) is 6.92 Å². The van der Waals surface area contributed by atoms with Gasteiger partial charge >= 0.3 is 6.36 Å². The molecule has 1 heterocycles. The number of carbonyl (C=O) groups is 1. The van der Waals surface area contributed by atoms with Gasteiger partial charge in [-0.05, 0) is 37.0 Å². The maximum absolute atomic E-state index is 12.3. The lowest BCUT2D eigenvalue weighted by Gasteiger charge is -2.30. The summed E-state index contributed by atoms with van der Waals surface area (Å²) in [7, 11) is -3.29. The van der Waals surface area contributed by atoms with Crippen LogP contribution in [0.4, 0.5) is 13.2 Å². The Hall–Kier alpha value is -1.85. The Labute approximate surface area is 174 Å². The van der Waals surface area contributed by atoms with Crippen molar-refractivity contribution in [1.29, 1.82) is 0 Å². The molecule has 7 nitrogen and oxygen atoms in total. The molecular formula is C19H27F3N2O5S. The van der Waals surface area contributed by atoms with Gasteiger partial charge in [0.05, 0.1) is 11.9 Å². The Balaban J connectivity index is 1.79. The Kier molecular flexibility index (Phi) is 8.51. The van der Waals surface area contributed by atoms with Crippen molar-refractivity contribution in [3.8, 4) is 5.75 Å². The third-order valence-electron chi connectivity index (χ3n) is 4.94. The second-order valence-corrected chi connectivity index (χ2v) is 9.31. The monoisotopic (exact) mass is 452 g/mol. The van der Waals surface area contributed by atoms with Gasteiger partial charge in [0.15, 0.2) is 0 Å². The van der Waals surface area contributed by atoms with Crippen LogP contribution in [0.15, 0.2) is 24.3 Å². The molecule has 1 aliphatic rings. The van der Waals surface area contributed by atoms with E-state index in [1.165, 1.54) is 16.4 Å². The third-order valence-corrected chi connectivity index (χ3v) is 6.90. The number of aliphatic hydroxyl groups is 1. The minimum absolute atomic E-state index is 0.104. The van der Waals surface area contributed by atoms with E-state index in [4.69, 9.17) is 0 Å². The molecule has 1 atom stereocenters. The van der Waals surface area contributed by atoms with Crippen LogP contribution in [0.3, 0.4) is 0 Å². The fraction of sp³-hybridized carbons (Fsp3) is 0.632. The van der Waals surface area contributed by atoms with Crippen LogP contribution in [0.25, 0.3) is 0 Å². The molecule has 170 valence electrons. The minimum atomic E-state index is -4.79. The summed E-state index contributed by atoms with van der Waals surface area (Å²) in [6.45, 7) is 2.39. The molecule has 1 amide bonds. The Morgan fingerprint density at radius 3 is 2.40 bits per heavy atom. The van der Waals surface area contributed by atoms with E-state index < -0.39 is 28.2 Å². The number of nitrogens with one attached hydrogen (secondary N) is 1. The zero-order valence-corrected chi connectivity index (χ0v) is 17.5. The van der Waals surface area contributed by atoms with E-state index in [9.17, 15) is 31.5 Å². The molecular weight excluding hydrogens is 425 g/mol. The molecule has 1 unspecified atom stereocenters. The van der Waals surface area contributed by atoms with Crippen LogP contribution in [-0.2, 0) is 14.8 Å². The van der Waals surface area contributed by atoms with Crippen LogP contribution in [-0.4, -0.2) is 55.5 Å². The standard InChI is InChI=1S/C19H27F3N2O5S/c1-2-3-12-30(27,28)24-10-8-15(9-11-24)18(26)23-13-17(25)14-4-6-16(7-5-14)29-19(20,21)22/h4-7,15,17,25H,2-3,8-13H2,1H3,(H,23,26). The van der Waals surface area contributed by atoms with Gasteiger partial charge in [-0.2, -0.15) is 0 Å². The highest BCUT2D eigenvalue weighted by atomic mass is 32.2. The molecule has 2 rings (SSSR count). The molecule has 2 N–H and O–H groups in total.